The van der Waals surface area contributed by atoms with Gasteiger partial charge in [0.1, 0.15) is 0 Å². The van der Waals surface area contributed by atoms with Crippen molar-refractivity contribution in [3.05, 3.63) is 29.8 Å². The summed E-state index contributed by atoms with van der Waals surface area (Å²) in [5.41, 5.74) is 0.959. The first-order valence-electron chi connectivity index (χ1n) is 7.87. The zero-order valence-corrected chi connectivity index (χ0v) is 16.1. The normalized spacial score (nSPS) is 22.2. The topological polar surface area (TPSA) is 102 Å². The van der Waals surface area contributed by atoms with Gasteiger partial charge in [0, 0.05) is 20.1 Å². The first-order valence-corrected chi connectivity index (χ1v) is 10.7. The average Bonchev–Trinajstić information content (AvgIpc) is 2.54. The summed E-state index contributed by atoms with van der Waals surface area (Å²) in [6, 6.07) is 6.07. The molecule has 0 saturated carbocycles. The minimum atomic E-state index is -3.83. The maximum atomic E-state index is 12.1. The molecule has 0 amide bonds. The van der Waals surface area contributed by atoms with Crippen molar-refractivity contribution in [2.75, 3.05) is 27.3 Å². The zero-order chi connectivity index (χ0) is 18.7. The number of hydrogen-bond donors (Lipinski definition) is 1. The fourth-order valence-electron chi connectivity index (χ4n) is 2.28. The van der Waals surface area contributed by atoms with Gasteiger partial charge >= 0.3 is 0 Å². The van der Waals surface area contributed by atoms with Crippen molar-refractivity contribution in [1.82, 2.24) is 9.03 Å². The standard InChI is InChI=1S/C15H24N2O6S2/c1-12-4-8-15(9-5-12)24(18,19)23-11-14-7-6-13(10-22-14)16-25(20,21)17(2)3/h4-5,8-9,13-14,16H,6-7,10-11H2,1-3H3/t13-,14+/m1/s1. The number of rotatable bonds is 7. The van der Waals surface area contributed by atoms with Crippen LogP contribution in [0.15, 0.2) is 29.2 Å². The molecule has 1 aliphatic heterocycles. The second-order valence-electron chi connectivity index (χ2n) is 6.19. The lowest BCUT2D eigenvalue weighted by molar-refractivity contribution is -0.0213. The van der Waals surface area contributed by atoms with E-state index in [1.165, 1.54) is 26.2 Å². The predicted octanol–water partition coefficient (Wildman–Crippen LogP) is 0.644. The average molecular weight is 392 g/mol. The van der Waals surface area contributed by atoms with Crippen LogP contribution in [-0.4, -0.2) is 60.6 Å². The van der Waals surface area contributed by atoms with Crippen molar-refractivity contribution in [3.63, 3.8) is 0 Å². The third-order valence-corrected chi connectivity index (χ3v) is 6.77. The van der Waals surface area contributed by atoms with Crippen LogP contribution in [-0.2, 0) is 29.2 Å². The van der Waals surface area contributed by atoms with Crippen LogP contribution in [0.3, 0.4) is 0 Å². The summed E-state index contributed by atoms with van der Waals surface area (Å²) in [4.78, 5) is 0.102. The van der Waals surface area contributed by atoms with Crippen molar-refractivity contribution in [2.24, 2.45) is 0 Å². The Kier molecular flexibility index (Phi) is 6.57. The molecule has 8 nitrogen and oxygen atoms in total. The first kappa shape index (κ1) is 20.3. The first-order chi connectivity index (χ1) is 11.6. The molecule has 1 fully saturated rings. The molecule has 1 aromatic rings. The highest BCUT2D eigenvalue weighted by Gasteiger charge is 2.27. The van der Waals surface area contributed by atoms with Crippen LogP contribution >= 0.6 is 0 Å². The van der Waals surface area contributed by atoms with E-state index in [2.05, 4.69) is 4.72 Å². The zero-order valence-electron chi connectivity index (χ0n) is 14.5. The van der Waals surface area contributed by atoms with Gasteiger partial charge in [-0.15, -0.1) is 0 Å². The van der Waals surface area contributed by atoms with Crippen LogP contribution in [0.25, 0.3) is 0 Å². The summed E-state index contributed by atoms with van der Waals surface area (Å²) in [6.07, 6.45) is 0.663. The molecule has 0 bridgehead atoms. The number of aryl methyl sites for hydroxylation is 1. The van der Waals surface area contributed by atoms with Gasteiger partial charge in [0.2, 0.25) is 0 Å². The molecule has 0 spiro atoms. The van der Waals surface area contributed by atoms with Crippen LogP contribution in [0.2, 0.25) is 0 Å². The van der Waals surface area contributed by atoms with E-state index >= 15 is 0 Å². The molecule has 10 heteroatoms. The van der Waals surface area contributed by atoms with Crippen molar-refractivity contribution < 1.29 is 25.8 Å². The molecule has 0 aromatic heterocycles. The number of hydrogen-bond acceptors (Lipinski definition) is 6. The van der Waals surface area contributed by atoms with Crippen molar-refractivity contribution in [2.45, 2.75) is 36.8 Å². The SMILES string of the molecule is Cc1ccc(S(=O)(=O)OC[C@@H]2CC[C@@H](NS(=O)(=O)N(C)C)CO2)cc1. The fourth-order valence-corrected chi connectivity index (χ4v) is 4.04. The van der Waals surface area contributed by atoms with E-state index < -0.39 is 20.3 Å². The maximum absolute atomic E-state index is 12.1. The molecule has 1 heterocycles. The molecule has 0 unspecified atom stereocenters. The molecule has 0 aliphatic carbocycles. The number of nitrogens with zero attached hydrogens (tertiary/aromatic N) is 1. The summed E-state index contributed by atoms with van der Waals surface area (Å²) in [5, 5.41) is 0. The Hall–Kier alpha value is -1.04. The summed E-state index contributed by atoms with van der Waals surface area (Å²) >= 11 is 0. The van der Waals surface area contributed by atoms with Gasteiger partial charge in [-0.2, -0.15) is 25.9 Å². The highest BCUT2D eigenvalue weighted by atomic mass is 32.2. The molecular formula is C15H24N2O6S2. The van der Waals surface area contributed by atoms with Gasteiger partial charge < -0.3 is 4.74 Å². The van der Waals surface area contributed by atoms with Crippen LogP contribution in [0.4, 0.5) is 0 Å². The molecule has 1 saturated heterocycles. The third-order valence-electron chi connectivity index (χ3n) is 3.89. The Morgan fingerprint density at radius 1 is 1.16 bits per heavy atom. The molecule has 1 aliphatic rings. The number of nitrogens with one attached hydrogen (secondary N) is 1. The molecule has 0 radical (unpaired) electrons. The van der Waals surface area contributed by atoms with Gasteiger partial charge in [0.15, 0.2) is 0 Å². The van der Waals surface area contributed by atoms with Gasteiger partial charge in [0.25, 0.3) is 20.3 Å². The number of ether oxygens (including phenoxy) is 1. The van der Waals surface area contributed by atoms with E-state index in [-0.39, 0.29) is 30.3 Å². The van der Waals surface area contributed by atoms with Crippen LogP contribution < -0.4 is 4.72 Å². The van der Waals surface area contributed by atoms with Crippen LogP contribution in [0.1, 0.15) is 18.4 Å². The second kappa shape index (κ2) is 8.11. The Balaban J connectivity index is 1.83. The van der Waals surface area contributed by atoms with Crippen LogP contribution in [0.5, 0.6) is 0 Å². The summed E-state index contributed by atoms with van der Waals surface area (Å²) in [7, 11) is -4.46. The van der Waals surface area contributed by atoms with E-state index in [4.69, 9.17) is 8.92 Å². The Morgan fingerprint density at radius 2 is 1.80 bits per heavy atom. The summed E-state index contributed by atoms with van der Waals surface area (Å²) in [6.45, 7) is 1.95. The molecule has 25 heavy (non-hydrogen) atoms. The van der Waals surface area contributed by atoms with Crippen LogP contribution in [0, 0.1) is 6.92 Å². The Bertz CT molecular complexity index is 767. The molecule has 2 atom stereocenters. The van der Waals surface area contributed by atoms with E-state index in [9.17, 15) is 16.8 Å². The lowest BCUT2D eigenvalue weighted by Crippen LogP contribution is -2.47. The van der Waals surface area contributed by atoms with Crippen molar-refractivity contribution in [3.8, 4) is 0 Å². The van der Waals surface area contributed by atoms with E-state index in [1.807, 2.05) is 6.92 Å². The lowest BCUT2D eigenvalue weighted by atomic mass is 10.1. The second-order valence-corrected chi connectivity index (χ2v) is 9.72. The largest absolute Gasteiger partial charge is 0.374 e. The fraction of sp³-hybridized carbons (Fsp3) is 0.600. The van der Waals surface area contributed by atoms with Gasteiger partial charge in [-0.3, -0.25) is 4.18 Å². The molecule has 2 rings (SSSR count). The van der Waals surface area contributed by atoms with Crippen molar-refractivity contribution in [1.29, 1.82) is 0 Å². The van der Waals surface area contributed by atoms with E-state index in [1.54, 1.807) is 12.1 Å². The van der Waals surface area contributed by atoms with Crippen molar-refractivity contribution >= 4 is 20.3 Å². The summed E-state index contributed by atoms with van der Waals surface area (Å²) < 4.78 is 62.1. The summed E-state index contributed by atoms with van der Waals surface area (Å²) in [5.74, 6) is 0. The Labute approximate surface area is 149 Å². The quantitative estimate of drug-likeness (QED) is 0.684. The van der Waals surface area contributed by atoms with Gasteiger partial charge in [-0.1, -0.05) is 17.7 Å². The van der Waals surface area contributed by atoms with Gasteiger partial charge in [0.05, 0.1) is 24.2 Å². The lowest BCUT2D eigenvalue weighted by Gasteiger charge is -2.29. The van der Waals surface area contributed by atoms with Gasteiger partial charge in [-0.25, -0.2) is 0 Å². The predicted molar refractivity (Wildman–Crippen MR) is 92.8 cm³/mol. The van der Waals surface area contributed by atoms with E-state index in [0.29, 0.717) is 12.8 Å². The molecular weight excluding hydrogens is 368 g/mol. The maximum Gasteiger partial charge on any atom is 0.297 e. The third kappa shape index (κ3) is 5.73. The smallest absolute Gasteiger partial charge is 0.297 e. The number of benzene rings is 1. The minimum Gasteiger partial charge on any atom is -0.374 e. The highest BCUT2D eigenvalue weighted by molar-refractivity contribution is 7.87. The van der Waals surface area contributed by atoms with E-state index in [0.717, 1.165) is 9.87 Å². The molecule has 142 valence electrons. The minimum absolute atomic E-state index is 0.0939. The Morgan fingerprint density at radius 3 is 2.32 bits per heavy atom. The monoisotopic (exact) mass is 392 g/mol. The molecule has 1 aromatic carbocycles. The highest BCUT2D eigenvalue weighted by Crippen LogP contribution is 2.18. The molecule has 1 N–H and O–H groups in total. The van der Waals surface area contributed by atoms with Gasteiger partial charge in [-0.05, 0) is 31.9 Å².